The van der Waals surface area contributed by atoms with E-state index >= 15 is 0 Å². The molecule has 1 aromatic carbocycles. The van der Waals surface area contributed by atoms with Crippen molar-refractivity contribution in [2.45, 2.75) is 12.8 Å². The Morgan fingerprint density at radius 3 is 2.60 bits per heavy atom. The predicted octanol–water partition coefficient (Wildman–Crippen LogP) is 1.48. The molecule has 0 unspecified atom stereocenters. The average Bonchev–Trinajstić information content (AvgIpc) is 2.25. The molecular weight excluding hydrogens is 208 g/mol. The number of carbonyl (C=O) groups excluding carboxylic acids is 1. The first-order valence-electron chi connectivity index (χ1n) is 4.81. The molecule has 0 saturated carbocycles. The first-order chi connectivity index (χ1) is 7.20. The highest BCUT2D eigenvalue weighted by atomic mass is 32.1. The number of carbonyl (C=O) groups is 1. The monoisotopic (exact) mass is 222 g/mol. The molecule has 3 N–H and O–H groups in total. The summed E-state index contributed by atoms with van der Waals surface area (Å²) in [5, 5.41) is 3.09. The molecule has 0 aliphatic heterocycles. The summed E-state index contributed by atoms with van der Waals surface area (Å²) in [4.78, 5) is 11.6. The highest BCUT2D eigenvalue weighted by Gasteiger charge is 2.03. The zero-order valence-corrected chi connectivity index (χ0v) is 9.22. The smallest absolute Gasteiger partial charge is 0.163 e. The van der Waals surface area contributed by atoms with Crippen molar-refractivity contribution >= 4 is 23.1 Å². The number of ketones is 1. The van der Waals surface area contributed by atoms with E-state index in [9.17, 15) is 4.79 Å². The Hall–Kier alpha value is -1.42. The topological polar surface area (TPSA) is 55.1 Å². The van der Waals surface area contributed by atoms with Crippen LogP contribution in [0.15, 0.2) is 30.3 Å². The lowest BCUT2D eigenvalue weighted by atomic mass is 10.1. The summed E-state index contributed by atoms with van der Waals surface area (Å²) in [5.74, 6) is 0.153. The van der Waals surface area contributed by atoms with Gasteiger partial charge in [-0.25, -0.2) is 0 Å². The Bertz CT molecular complexity index is 338. The third-order valence-corrected chi connectivity index (χ3v) is 2.12. The van der Waals surface area contributed by atoms with Crippen molar-refractivity contribution in [2.75, 3.05) is 6.54 Å². The number of thiocarbonyl (C=S) groups is 1. The van der Waals surface area contributed by atoms with Crippen molar-refractivity contribution in [3.63, 3.8) is 0 Å². The molecule has 0 bridgehead atoms. The van der Waals surface area contributed by atoms with Gasteiger partial charge < -0.3 is 11.1 Å². The van der Waals surface area contributed by atoms with E-state index < -0.39 is 0 Å². The molecule has 0 heterocycles. The molecule has 4 heteroatoms. The molecule has 0 aliphatic rings. The minimum atomic E-state index is 0.153. The molecule has 0 atom stereocenters. The van der Waals surface area contributed by atoms with E-state index in [1.807, 2.05) is 30.3 Å². The molecule has 15 heavy (non-hydrogen) atoms. The Morgan fingerprint density at radius 2 is 2.00 bits per heavy atom. The lowest BCUT2D eigenvalue weighted by Crippen LogP contribution is -2.29. The van der Waals surface area contributed by atoms with Gasteiger partial charge in [0.2, 0.25) is 0 Å². The third kappa shape index (κ3) is 4.56. The Kier molecular flexibility index (Phi) is 4.77. The van der Waals surface area contributed by atoms with Crippen molar-refractivity contribution in [3.8, 4) is 0 Å². The van der Waals surface area contributed by atoms with Crippen LogP contribution in [-0.4, -0.2) is 17.4 Å². The highest BCUT2D eigenvalue weighted by molar-refractivity contribution is 7.80. The molecule has 0 amide bonds. The molecular formula is C11H14N2OS. The van der Waals surface area contributed by atoms with Crippen LogP contribution >= 0.6 is 12.2 Å². The lowest BCUT2D eigenvalue weighted by Gasteiger charge is -2.03. The average molecular weight is 222 g/mol. The Balaban J connectivity index is 2.28. The normalized spacial score (nSPS) is 9.60. The summed E-state index contributed by atoms with van der Waals surface area (Å²) < 4.78 is 0. The van der Waals surface area contributed by atoms with Crippen molar-refractivity contribution in [2.24, 2.45) is 5.73 Å². The number of hydrogen-bond donors (Lipinski definition) is 2. The second-order valence-electron chi connectivity index (χ2n) is 3.18. The number of nitrogens with one attached hydrogen (secondary N) is 1. The van der Waals surface area contributed by atoms with Gasteiger partial charge in [-0.3, -0.25) is 4.79 Å². The summed E-state index contributed by atoms with van der Waals surface area (Å²) in [7, 11) is 0. The van der Waals surface area contributed by atoms with Crippen LogP contribution in [-0.2, 0) is 0 Å². The molecule has 80 valence electrons. The molecule has 0 aliphatic carbocycles. The summed E-state index contributed by atoms with van der Waals surface area (Å²) >= 11 is 4.65. The summed E-state index contributed by atoms with van der Waals surface area (Å²) in [6, 6.07) is 9.26. The van der Waals surface area contributed by atoms with E-state index in [0.717, 1.165) is 12.0 Å². The van der Waals surface area contributed by atoms with Crippen LogP contribution in [0.1, 0.15) is 23.2 Å². The van der Waals surface area contributed by atoms with E-state index in [1.165, 1.54) is 0 Å². The predicted molar refractivity (Wildman–Crippen MR) is 64.8 cm³/mol. The molecule has 3 nitrogen and oxygen atoms in total. The van der Waals surface area contributed by atoms with Gasteiger partial charge in [0.15, 0.2) is 10.9 Å². The van der Waals surface area contributed by atoms with Gasteiger partial charge in [-0.1, -0.05) is 30.3 Å². The van der Waals surface area contributed by atoms with Gasteiger partial charge in [0.25, 0.3) is 0 Å². The number of benzene rings is 1. The van der Waals surface area contributed by atoms with Crippen LogP contribution in [0.5, 0.6) is 0 Å². The zero-order chi connectivity index (χ0) is 11.1. The first kappa shape index (κ1) is 11.7. The SMILES string of the molecule is NC(=S)NCCCC(=O)c1ccccc1. The van der Waals surface area contributed by atoms with Gasteiger partial charge in [0, 0.05) is 18.5 Å². The van der Waals surface area contributed by atoms with Crippen molar-refractivity contribution < 1.29 is 4.79 Å². The van der Waals surface area contributed by atoms with Crippen LogP contribution in [0.2, 0.25) is 0 Å². The number of hydrogen-bond acceptors (Lipinski definition) is 2. The van der Waals surface area contributed by atoms with Gasteiger partial charge in [0.05, 0.1) is 0 Å². The van der Waals surface area contributed by atoms with Crippen LogP contribution in [0.25, 0.3) is 0 Å². The van der Waals surface area contributed by atoms with E-state index in [4.69, 9.17) is 5.73 Å². The fraction of sp³-hybridized carbons (Fsp3) is 0.273. The maximum absolute atomic E-state index is 11.6. The number of Topliss-reactive ketones (excluding diaryl/α,β-unsaturated/α-hetero) is 1. The molecule has 0 aromatic heterocycles. The minimum Gasteiger partial charge on any atom is -0.376 e. The van der Waals surface area contributed by atoms with E-state index in [-0.39, 0.29) is 10.9 Å². The van der Waals surface area contributed by atoms with Crippen LogP contribution in [0.4, 0.5) is 0 Å². The first-order valence-corrected chi connectivity index (χ1v) is 5.22. The second-order valence-corrected chi connectivity index (χ2v) is 3.62. The van der Waals surface area contributed by atoms with Crippen LogP contribution in [0.3, 0.4) is 0 Å². The lowest BCUT2D eigenvalue weighted by molar-refractivity contribution is 0.0980. The fourth-order valence-electron chi connectivity index (χ4n) is 1.23. The maximum atomic E-state index is 11.6. The molecule has 0 fully saturated rings. The standard InChI is InChI=1S/C11H14N2OS/c12-11(15)13-8-4-7-10(14)9-5-2-1-3-6-9/h1-3,5-6H,4,7-8H2,(H3,12,13,15). The van der Waals surface area contributed by atoms with Gasteiger partial charge in [0.1, 0.15) is 0 Å². The van der Waals surface area contributed by atoms with Crippen LogP contribution < -0.4 is 11.1 Å². The molecule has 0 radical (unpaired) electrons. The molecule has 1 rings (SSSR count). The van der Waals surface area contributed by atoms with E-state index in [2.05, 4.69) is 17.5 Å². The van der Waals surface area contributed by atoms with Crippen molar-refractivity contribution in [1.82, 2.24) is 5.32 Å². The molecule has 1 aromatic rings. The summed E-state index contributed by atoms with van der Waals surface area (Å²) in [6.45, 7) is 0.647. The Morgan fingerprint density at radius 1 is 1.33 bits per heavy atom. The quantitative estimate of drug-likeness (QED) is 0.450. The maximum Gasteiger partial charge on any atom is 0.163 e. The summed E-state index contributed by atoms with van der Waals surface area (Å²) in [5.41, 5.74) is 6.01. The van der Waals surface area contributed by atoms with Gasteiger partial charge in [-0.2, -0.15) is 0 Å². The largest absolute Gasteiger partial charge is 0.376 e. The minimum absolute atomic E-state index is 0.153. The molecule has 0 saturated heterocycles. The fourth-order valence-corrected chi connectivity index (χ4v) is 1.33. The second kappa shape index (κ2) is 6.14. The van der Waals surface area contributed by atoms with Crippen LogP contribution in [0, 0.1) is 0 Å². The van der Waals surface area contributed by atoms with Gasteiger partial charge >= 0.3 is 0 Å². The number of rotatable bonds is 5. The molecule has 0 spiro atoms. The van der Waals surface area contributed by atoms with Gasteiger partial charge in [-0.15, -0.1) is 0 Å². The highest BCUT2D eigenvalue weighted by Crippen LogP contribution is 2.04. The number of nitrogens with two attached hydrogens (primary N) is 1. The van der Waals surface area contributed by atoms with E-state index in [0.29, 0.717) is 13.0 Å². The zero-order valence-electron chi connectivity index (χ0n) is 8.40. The van der Waals surface area contributed by atoms with Crippen molar-refractivity contribution in [1.29, 1.82) is 0 Å². The van der Waals surface area contributed by atoms with E-state index in [1.54, 1.807) is 0 Å². The van der Waals surface area contributed by atoms with Gasteiger partial charge in [-0.05, 0) is 18.6 Å². The summed E-state index contributed by atoms with van der Waals surface area (Å²) in [6.07, 6.45) is 1.25. The Labute approximate surface area is 94.7 Å². The third-order valence-electron chi connectivity index (χ3n) is 1.98. The van der Waals surface area contributed by atoms with Crippen molar-refractivity contribution in [3.05, 3.63) is 35.9 Å².